The maximum Gasteiger partial charge on any atom is 0.335 e. The number of carboxylic acids is 1. The minimum absolute atomic E-state index is 0.0445. The molecule has 0 spiro atoms. The van der Waals surface area contributed by atoms with Crippen LogP contribution in [0.15, 0.2) is 18.2 Å². The number of aryl methyl sites for hydroxylation is 1. The Balaban J connectivity index is 2.36. The van der Waals surface area contributed by atoms with Crippen molar-refractivity contribution in [3.8, 4) is 5.75 Å². The number of carbonyl (C=O) groups excluding carboxylic acids is 1. The van der Waals surface area contributed by atoms with Gasteiger partial charge in [-0.1, -0.05) is 0 Å². The first-order valence-corrected chi connectivity index (χ1v) is 4.67. The van der Waals surface area contributed by atoms with Gasteiger partial charge in [-0.3, -0.25) is 4.79 Å². The predicted molar refractivity (Wildman–Crippen MR) is 52.2 cm³/mol. The Morgan fingerprint density at radius 3 is 2.87 bits per heavy atom. The van der Waals surface area contributed by atoms with E-state index in [2.05, 4.69) is 0 Å². The molecule has 0 saturated heterocycles. The van der Waals surface area contributed by atoms with Gasteiger partial charge in [0.05, 0.1) is 5.56 Å². The summed E-state index contributed by atoms with van der Waals surface area (Å²) >= 11 is 0. The van der Waals surface area contributed by atoms with Gasteiger partial charge in [0.15, 0.2) is 5.78 Å². The second-order valence-corrected chi connectivity index (χ2v) is 3.46. The number of carboxylic acid groups (broad SMARTS) is 1. The third-order valence-corrected chi connectivity index (χ3v) is 2.37. The van der Waals surface area contributed by atoms with Gasteiger partial charge in [0, 0.05) is 6.42 Å². The topological polar surface area (TPSA) is 63.6 Å². The van der Waals surface area contributed by atoms with Crippen LogP contribution in [-0.4, -0.2) is 23.5 Å². The molecule has 0 fully saturated rings. The monoisotopic (exact) mass is 206 g/mol. The molecule has 0 aliphatic carbocycles. The van der Waals surface area contributed by atoms with Crippen molar-refractivity contribution in [2.45, 2.75) is 12.8 Å². The standard InChI is InChI=1S/C11H10O4/c12-9-3-1-7-5-8(11(13)14)2-4-10(7)15-6-9/h2,4-5H,1,3,6H2,(H,13,14). The molecule has 15 heavy (non-hydrogen) atoms. The fourth-order valence-electron chi connectivity index (χ4n) is 1.55. The Hall–Kier alpha value is -1.84. The molecule has 2 rings (SSSR count). The Bertz CT molecular complexity index is 423. The van der Waals surface area contributed by atoms with E-state index in [1.54, 1.807) is 12.1 Å². The first-order valence-electron chi connectivity index (χ1n) is 4.67. The molecule has 0 atom stereocenters. The van der Waals surface area contributed by atoms with Crippen LogP contribution in [0, 0.1) is 0 Å². The number of benzene rings is 1. The quantitative estimate of drug-likeness (QED) is 0.751. The van der Waals surface area contributed by atoms with Gasteiger partial charge in [-0.15, -0.1) is 0 Å². The van der Waals surface area contributed by atoms with Crippen LogP contribution in [0.25, 0.3) is 0 Å². The molecule has 0 bridgehead atoms. The number of hydrogen-bond donors (Lipinski definition) is 1. The van der Waals surface area contributed by atoms with Gasteiger partial charge in [0.25, 0.3) is 0 Å². The lowest BCUT2D eigenvalue weighted by Crippen LogP contribution is -2.07. The second-order valence-electron chi connectivity index (χ2n) is 3.46. The van der Waals surface area contributed by atoms with E-state index >= 15 is 0 Å². The van der Waals surface area contributed by atoms with Crippen LogP contribution in [0.4, 0.5) is 0 Å². The molecule has 1 aliphatic heterocycles. The van der Waals surface area contributed by atoms with Crippen LogP contribution in [0.1, 0.15) is 22.3 Å². The molecule has 1 N–H and O–H groups in total. The third-order valence-electron chi connectivity index (χ3n) is 2.37. The highest BCUT2D eigenvalue weighted by molar-refractivity contribution is 5.88. The van der Waals surface area contributed by atoms with E-state index in [1.807, 2.05) is 0 Å². The van der Waals surface area contributed by atoms with Crippen LogP contribution in [0.5, 0.6) is 5.75 Å². The van der Waals surface area contributed by atoms with Gasteiger partial charge < -0.3 is 9.84 Å². The molecule has 0 aromatic heterocycles. The van der Waals surface area contributed by atoms with Gasteiger partial charge in [-0.2, -0.15) is 0 Å². The zero-order valence-electron chi connectivity index (χ0n) is 8.03. The Kier molecular flexibility index (Phi) is 2.41. The predicted octanol–water partition coefficient (Wildman–Crippen LogP) is 1.28. The molecule has 78 valence electrons. The number of rotatable bonds is 1. The average Bonchev–Trinajstić information content (AvgIpc) is 2.40. The van der Waals surface area contributed by atoms with E-state index in [9.17, 15) is 9.59 Å². The van der Waals surface area contributed by atoms with E-state index in [0.717, 1.165) is 5.56 Å². The molecule has 4 heteroatoms. The van der Waals surface area contributed by atoms with Gasteiger partial charge in [-0.25, -0.2) is 4.79 Å². The normalized spacial score (nSPS) is 15.1. The van der Waals surface area contributed by atoms with Crippen molar-refractivity contribution in [1.82, 2.24) is 0 Å². The molecule has 1 aliphatic rings. The van der Waals surface area contributed by atoms with Crippen molar-refractivity contribution in [3.05, 3.63) is 29.3 Å². The summed E-state index contributed by atoms with van der Waals surface area (Å²) in [6.07, 6.45) is 0.964. The highest BCUT2D eigenvalue weighted by Crippen LogP contribution is 2.24. The van der Waals surface area contributed by atoms with E-state index in [4.69, 9.17) is 9.84 Å². The molecular weight excluding hydrogens is 196 g/mol. The fraction of sp³-hybridized carbons (Fsp3) is 0.273. The Labute approximate surface area is 86.5 Å². The largest absolute Gasteiger partial charge is 0.486 e. The summed E-state index contributed by atoms with van der Waals surface area (Å²) in [6.45, 7) is 0.0828. The van der Waals surface area contributed by atoms with E-state index in [-0.39, 0.29) is 18.0 Å². The zero-order chi connectivity index (χ0) is 10.8. The number of hydrogen-bond acceptors (Lipinski definition) is 3. The number of Topliss-reactive ketones (excluding diaryl/α,β-unsaturated/α-hetero) is 1. The molecular formula is C11H10O4. The number of aromatic carboxylic acids is 1. The van der Waals surface area contributed by atoms with Gasteiger partial charge in [0.1, 0.15) is 12.4 Å². The van der Waals surface area contributed by atoms with Crippen molar-refractivity contribution < 1.29 is 19.4 Å². The average molecular weight is 206 g/mol. The van der Waals surface area contributed by atoms with Crippen LogP contribution in [0.3, 0.4) is 0 Å². The van der Waals surface area contributed by atoms with Crippen molar-refractivity contribution in [2.75, 3.05) is 6.61 Å². The smallest absolute Gasteiger partial charge is 0.335 e. The lowest BCUT2D eigenvalue weighted by atomic mass is 10.0. The van der Waals surface area contributed by atoms with Gasteiger partial charge >= 0.3 is 5.97 Å². The van der Waals surface area contributed by atoms with Gasteiger partial charge in [0.2, 0.25) is 0 Å². The van der Waals surface area contributed by atoms with E-state index in [0.29, 0.717) is 18.6 Å². The van der Waals surface area contributed by atoms with Gasteiger partial charge in [-0.05, 0) is 30.2 Å². The Morgan fingerprint density at radius 1 is 1.33 bits per heavy atom. The van der Waals surface area contributed by atoms with Crippen LogP contribution >= 0.6 is 0 Å². The molecule has 4 nitrogen and oxygen atoms in total. The summed E-state index contributed by atoms with van der Waals surface area (Å²) in [5.74, 6) is -0.303. The first-order chi connectivity index (χ1) is 7.16. The highest BCUT2D eigenvalue weighted by Gasteiger charge is 2.15. The summed E-state index contributed by atoms with van der Waals surface area (Å²) < 4.78 is 5.25. The van der Waals surface area contributed by atoms with Crippen LogP contribution in [-0.2, 0) is 11.2 Å². The lowest BCUT2D eigenvalue weighted by molar-refractivity contribution is -0.120. The number of carbonyl (C=O) groups is 2. The molecule has 1 aromatic carbocycles. The fourth-order valence-corrected chi connectivity index (χ4v) is 1.55. The third kappa shape index (κ3) is 1.98. The SMILES string of the molecule is O=C1CCc2cc(C(=O)O)ccc2OC1. The zero-order valence-corrected chi connectivity index (χ0v) is 8.03. The van der Waals surface area contributed by atoms with Crippen molar-refractivity contribution in [2.24, 2.45) is 0 Å². The minimum Gasteiger partial charge on any atom is -0.486 e. The second kappa shape index (κ2) is 3.73. The Morgan fingerprint density at radius 2 is 2.13 bits per heavy atom. The molecule has 0 unspecified atom stereocenters. The summed E-state index contributed by atoms with van der Waals surface area (Å²) in [5, 5.41) is 8.80. The van der Waals surface area contributed by atoms with E-state index < -0.39 is 5.97 Å². The molecule has 1 heterocycles. The molecule has 0 radical (unpaired) electrons. The summed E-state index contributed by atoms with van der Waals surface area (Å²) in [4.78, 5) is 21.9. The minimum atomic E-state index is -0.964. The van der Waals surface area contributed by atoms with Crippen molar-refractivity contribution in [1.29, 1.82) is 0 Å². The molecule has 0 amide bonds. The van der Waals surface area contributed by atoms with E-state index in [1.165, 1.54) is 6.07 Å². The maximum absolute atomic E-state index is 11.1. The van der Waals surface area contributed by atoms with Crippen LogP contribution in [0.2, 0.25) is 0 Å². The lowest BCUT2D eigenvalue weighted by Gasteiger charge is -2.06. The van der Waals surface area contributed by atoms with Crippen molar-refractivity contribution >= 4 is 11.8 Å². The molecule has 0 saturated carbocycles. The van der Waals surface area contributed by atoms with Crippen LogP contribution < -0.4 is 4.74 Å². The molecule has 1 aromatic rings. The summed E-state index contributed by atoms with van der Waals surface area (Å²) in [5.41, 5.74) is 1.02. The first kappa shape index (κ1) is 9.71. The number of ether oxygens (including phenoxy) is 1. The highest BCUT2D eigenvalue weighted by atomic mass is 16.5. The van der Waals surface area contributed by atoms with Crippen molar-refractivity contribution in [3.63, 3.8) is 0 Å². The number of ketones is 1. The number of fused-ring (bicyclic) bond motifs is 1. The maximum atomic E-state index is 11.1. The summed E-state index contributed by atoms with van der Waals surface area (Å²) in [6, 6.07) is 4.66. The summed E-state index contributed by atoms with van der Waals surface area (Å²) in [7, 11) is 0.